The molecule has 0 fully saturated rings. The fourth-order valence-corrected chi connectivity index (χ4v) is 2.86. The van der Waals surface area contributed by atoms with E-state index in [2.05, 4.69) is 10.00 Å². The lowest BCUT2D eigenvalue weighted by molar-refractivity contribution is 0.0909. The van der Waals surface area contributed by atoms with Crippen LogP contribution in [0.1, 0.15) is 24.0 Å². The fraction of sp³-hybridized carbons (Fsp3) is 0.500. The zero-order valence-electron chi connectivity index (χ0n) is 14.1. The SMILES string of the molecule is Cn1cc(CN2CCOCCCCOc3ccc(F)cc3C2)cn1. The predicted molar refractivity (Wildman–Crippen MR) is 89.3 cm³/mol. The number of ether oxygens (including phenoxy) is 2. The van der Waals surface area contributed by atoms with Crippen LogP contribution in [-0.4, -0.2) is 41.0 Å². The van der Waals surface area contributed by atoms with Crippen LogP contribution in [0.4, 0.5) is 4.39 Å². The second-order valence-corrected chi connectivity index (χ2v) is 6.15. The number of hydrogen-bond donors (Lipinski definition) is 0. The van der Waals surface area contributed by atoms with Crippen LogP contribution in [0, 0.1) is 5.82 Å². The Morgan fingerprint density at radius 2 is 2.08 bits per heavy atom. The number of aryl methyl sites for hydroxylation is 1. The summed E-state index contributed by atoms with van der Waals surface area (Å²) in [7, 11) is 1.90. The molecule has 130 valence electrons. The van der Waals surface area contributed by atoms with Gasteiger partial charge in [-0.1, -0.05) is 0 Å². The Hall–Kier alpha value is -1.92. The van der Waals surface area contributed by atoms with Crippen LogP contribution in [0.2, 0.25) is 0 Å². The van der Waals surface area contributed by atoms with Gasteiger partial charge in [0.05, 0.1) is 19.4 Å². The highest BCUT2D eigenvalue weighted by Crippen LogP contribution is 2.23. The van der Waals surface area contributed by atoms with Gasteiger partial charge >= 0.3 is 0 Å². The molecule has 1 aliphatic heterocycles. The molecule has 0 bridgehead atoms. The van der Waals surface area contributed by atoms with Crippen molar-refractivity contribution in [3.05, 3.63) is 47.5 Å². The Bertz CT molecular complexity index is 659. The van der Waals surface area contributed by atoms with Gasteiger partial charge in [0.25, 0.3) is 0 Å². The summed E-state index contributed by atoms with van der Waals surface area (Å²) in [5.74, 6) is 0.538. The normalized spacial score (nSPS) is 17.4. The second kappa shape index (κ2) is 8.26. The molecule has 0 saturated heterocycles. The van der Waals surface area contributed by atoms with E-state index in [9.17, 15) is 4.39 Å². The Balaban J connectivity index is 1.79. The number of benzene rings is 1. The lowest BCUT2D eigenvalue weighted by Crippen LogP contribution is -2.27. The minimum Gasteiger partial charge on any atom is -0.493 e. The van der Waals surface area contributed by atoms with Gasteiger partial charge in [0, 0.05) is 50.6 Å². The summed E-state index contributed by atoms with van der Waals surface area (Å²) >= 11 is 0. The largest absolute Gasteiger partial charge is 0.493 e. The maximum atomic E-state index is 13.7. The van der Waals surface area contributed by atoms with Gasteiger partial charge in [-0.15, -0.1) is 0 Å². The lowest BCUT2D eigenvalue weighted by Gasteiger charge is -2.24. The summed E-state index contributed by atoms with van der Waals surface area (Å²) in [6.07, 6.45) is 5.77. The Kier molecular flexibility index (Phi) is 5.82. The van der Waals surface area contributed by atoms with E-state index >= 15 is 0 Å². The third-order valence-corrected chi connectivity index (χ3v) is 4.07. The van der Waals surface area contributed by atoms with Crippen molar-refractivity contribution in [2.45, 2.75) is 25.9 Å². The predicted octanol–water partition coefficient (Wildman–Crippen LogP) is 2.75. The molecule has 1 aliphatic rings. The van der Waals surface area contributed by atoms with E-state index < -0.39 is 0 Å². The molecular formula is C18H24FN3O2. The molecule has 24 heavy (non-hydrogen) atoms. The van der Waals surface area contributed by atoms with Gasteiger partial charge in [0.2, 0.25) is 0 Å². The molecule has 0 atom stereocenters. The number of aromatic nitrogens is 2. The number of fused-ring (bicyclic) bond motifs is 1. The van der Waals surface area contributed by atoms with Crippen LogP contribution in [-0.2, 0) is 24.9 Å². The highest BCUT2D eigenvalue weighted by Gasteiger charge is 2.14. The summed E-state index contributed by atoms with van der Waals surface area (Å²) in [5.41, 5.74) is 2.00. The maximum absolute atomic E-state index is 13.7. The van der Waals surface area contributed by atoms with Crippen molar-refractivity contribution in [3.8, 4) is 5.75 Å². The molecule has 2 aromatic rings. The molecule has 1 aromatic carbocycles. The first-order chi connectivity index (χ1) is 11.7. The summed E-state index contributed by atoms with van der Waals surface area (Å²) in [6.45, 7) is 4.19. The van der Waals surface area contributed by atoms with Crippen molar-refractivity contribution in [2.75, 3.05) is 26.4 Å². The molecule has 0 radical (unpaired) electrons. The van der Waals surface area contributed by atoms with Crippen LogP contribution in [0.15, 0.2) is 30.6 Å². The molecule has 0 saturated carbocycles. The average Bonchev–Trinajstić information content (AvgIpc) is 2.95. The molecule has 3 rings (SSSR count). The third kappa shape index (κ3) is 4.79. The van der Waals surface area contributed by atoms with Crippen LogP contribution < -0.4 is 4.74 Å². The number of nitrogens with zero attached hydrogens (tertiary/aromatic N) is 3. The average molecular weight is 333 g/mol. The summed E-state index contributed by atoms with van der Waals surface area (Å²) in [6, 6.07) is 4.76. The Labute approximate surface area is 142 Å². The van der Waals surface area contributed by atoms with E-state index in [4.69, 9.17) is 9.47 Å². The second-order valence-electron chi connectivity index (χ2n) is 6.15. The van der Waals surface area contributed by atoms with Gasteiger partial charge < -0.3 is 9.47 Å². The van der Waals surface area contributed by atoms with Crippen molar-refractivity contribution < 1.29 is 13.9 Å². The van der Waals surface area contributed by atoms with Gasteiger partial charge in [-0.05, 0) is 31.0 Å². The van der Waals surface area contributed by atoms with Gasteiger partial charge in [0.1, 0.15) is 11.6 Å². The van der Waals surface area contributed by atoms with E-state index in [0.29, 0.717) is 19.8 Å². The summed E-state index contributed by atoms with van der Waals surface area (Å²) < 4.78 is 27.0. The molecule has 2 heterocycles. The lowest BCUT2D eigenvalue weighted by atomic mass is 10.1. The first-order valence-electron chi connectivity index (χ1n) is 8.39. The van der Waals surface area contributed by atoms with Crippen molar-refractivity contribution in [2.24, 2.45) is 7.05 Å². The number of halogens is 1. The van der Waals surface area contributed by atoms with Gasteiger partial charge in [-0.25, -0.2) is 4.39 Å². The Morgan fingerprint density at radius 3 is 2.92 bits per heavy atom. The monoisotopic (exact) mass is 333 g/mol. The number of rotatable bonds is 2. The highest BCUT2D eigenvalue weighted by molar-refractivity contribution is 5.34. The topological polar surface area (TPSA) is 39.5 Å². The van der Waals surface area contributed by atoms with Gasteiger partial charge in [-0.2, -0.15) is 5.10 Å². The molecule has 0 unspecified atom stereocenters. The first-order valence-corrected chi connectivity index (χ1v) is 8.39. The molecule has 0 aliphatic carbocycles. The molecule has 0 N–H and O–H groups in total. The van der Waals surface area contributed by atoms with E-state index in [0.717, 1.165) is 49.4 Å². The molecule has 6 heteroatoms. The minimum absolute atomic E-state index is 0.234. The third-order valence-electron chi connectivity index (χ3n) is 4.07. The van der Waals surface area contributed by atoms with E-state index in [1.807, 2.05) is 19.4 Å². The molecular weight excluding hydrogens is 309 g/mol. The van der Waals surface area contributed by atoms with Crippen LogP contribution in [0.5, 0.6) is 5.75 Å². The first kappa shape index (κ1) is 16.9. The smallest absolute Gasteiger partial charge is 0.123 e. The van der Waals surface area contributed by atoms with E-state index in [1.165, 1.54) is 6.07 Å². The van der Waals surface area contributed by atoms with Crippen LogP contribution in [0.3, 0.4) is 0 Å². The van der Waals surface area contributed by atoms with Gasteiger partial charge in [-0.3, -0.25) is 9.58 Å². The molecule has 0 amide bonds. The van der Waals surface area contributed by atoms with Crippen LogP contribution >= 0.6 is 0 Å². The van der Waals surface area contributed by atoms with E-state index in [1.54, 1.807) is 16.8 Å². The van der Waals surface area contributed by atoms with Crippen molar-refractivity contribution in [1.82, 2.24) is 14.7 Å². The fourth-order valence-electron chi connectivity index (χ4n) is 2.86. The standard InChI is InChI=1S/C18H24FN3O2/c1-21-12-15(11-20-21)13-22-6-9-23-7-2-3-8-24-18-5-4-17(19)10-16(18)14-22/h4-5,10-12H,2-3,6-9,13-14H2,1H3. The van der Waals surface area contributed by atoms with Gasteiger partial charge in [0.15, 0.2) is 0 Å². The van der Waals surface area contributed by atoms with Crippen molar-refractivity contribution in [1.29, 1.82) is 0 Å². The summed E-state index contributed by atoms with van der Waals surface area (Å²) in [4.78, 5) is 2.24. The maximum Gasteiger partial charge on any atom is 0.123 e. The zero-order valence-corrected chi connectivity index (χ0v) is 14.1. The summed E-state index contributed by atoms with van der Waals surface area (Å²) in [5, 5.41) is 4.22. The molecule has 0 spiro atoms. The minimum atomic E-state index is -0.234. The van der Waals surface area contributed by atoms with Crippen molar-refractivity contribution in [3.63, 3.8) is 0 Å². The van der Waals surface area contributed by atoms with Crippen molar-refractivity contribution >= 4 is 0 Å². The van der Waals surface area contributed by atoms with Crippen LogP contribution in [0.25, 0.3) is 0 Å². The Morgan fingerprint density at radius 1 is 1.21 bits per heavy atom. The van der Waals surface area contributed by atoms with E-state index in [-0.39, 0.29) is 5.82 Å². The molecule has 5 nitrogen and oxygen atoms in total. The quantitative estimate of drug-likeness (QED) is 0.847. The highest BCUT2D eigenvalue weighted by atomic mass is 19.1. The molecule has 1 aromatic heterocycles. The number of hydrogen-bond acceptors (Lipinski definition) is 4. The zero-order chi connectivity index (χ0) is 16.8.